The van der Waals surface area contributed by atoms with E-state index in [4.69, 9.17) is 10.5 Å². The second-order valence-electron chi connectivity index (χ2n) is 6.18. The normalized spacial score (nSPS) is 25.7. The highest BCUT2D eigenvalue weighted by Gasteiger charge is 2.43. The van der Waals surface area contributed by atoms with E-state index in [0.29, 0.717) is 12.3 Å². The summed E-state index contributed by atoms with van der Waals surface area (Å²) in [5.74, 6) is 1.18. The number of hydrogen-bond acceptors (Lipinski definition) is 3. The van der Waals surface area contributed by atoms with E-state index < -0.39 is 5.60 Å². The summed E-state index contributed by atoms with van der Waals surface area (Å²) in [7, 11) is 0. The molecule has 1 unspecified atom stereocenters. The number of rotatable bonds is 2. The van der Waals surface area contributed by atoms with Gasteiger partial charge in [0, 0.05) is 18.5 Å². The summed E-state index contributed by atoms with van der Waals surface area (Å²) < 4.78 is 5.94. The third-order valence-corrected chi connectivity index (χ3v) is 3.61. The second-order valence-corrected chi connectivity index (χ2v) is 6.18. The van der Waals surface area contributed by atoms with Gasteiger partial charge >= 0.3 is 0 Å². The first-order chi connectivity index (χ1) is 8.27. The Morgan fingerprint density at radius 3 is 2.61 bits per heavy atom. The van der Waals surface area contributed by atoms with Gasteiger partial charge in [-0.05, 0) is 37.5 Å². The van der Waals surface area contributed by atoms with Gasteiger partial charge in [-0.1, -0.05) is 19.9 Å². The van der Waals surface area contributed by atoms with Crippen LogP contribution in [0.1, 0.15) is 51.2 Å². The molecule has 1 aliphatic heterocycles. The van der Waals surface area contributed by atoms with Crippen LogP contribution in [-0.2, 0) is 5.60 Å². The fraction of sp³-hybridized carbons (Fsp3) is 0.600. The maximum atomic E-state index is 10.8. The van der Waals surface area contributed by atoms with Crippen molar-refractivity contribution in [3.8, 4) is 5.75 Å². The summed E-state index contributed by atoms with van der Waals surface area (Å²) in [6.45, 7) is 8.45. The molecule has 3 heteroatoms. The van der Waals surface area contributed by atoms with E-state index in [2.05, 4.69) is 19.9 Å². The number of nitrogens with two attached hydrogens (primary N) is 1. The number of aliphatic hydroxyl groups is 1. The highest BCUT2D eigenvalue weighted by atomic mass is 16.5. The van der Waals surface area contributed by atoms with Gasteiger partial charge in [0.2, 0.25) is 0 Å². The Bertz CT molecular complexity index is 454. The van der Waals surface area contributed by atoms with Crippen molar-refractivity contribution < 1.29 is 9.84 Å². The molecule has 1 aliphatic rings. The van der Waals surface area contributed by atoms with Crippen LogP contribution >= 0.6 is 0 Å². The predicted octanol–water partition coefficient (Wildman–Crippen LogP) is 2.52. The Labute approximate surface area is 109 Å². The fourth-order valence-corrected chi connectivity index (χ4v) is 2.67. The first-order valence-corrected chi connectivity index (χ1v) is 6.53. The van der Waals surface area contributed by atoms with Gasteiger partial charge in [-0.2, -0.15) is 0 Å². The van der Waals surface area contributed by atoms with Gasteiger partial charge in [0.1, 0.15) is 17.0 Å². The van der Waals surface area contributed by atoms with Crippen molar-refractivity contribution in [2.75, 3.05) is 6.54 Å². The van der Waals surface area contributed by atoms with Crippen molar-refractivity contribution in [1.29, 1.82) is 0 Å². The van der Waals surface area contributed by atoms with Gasteiger partial charge in [0.25, 0.3) is 0 Å². The van der Waals surface area contributed by atoms with Crippen LogP contribution in [0, 0.1) is 0 Å². The maximum absolute atomic E-state index is 10.8. The van der Waals surface area contributed by atoms with Gasteiger partial charge in [-0.15, -0.1) is 0 Å². The van der Waals surface area contributed by atoms with Crippen LogP contribution < -0.4 is 10.5 Å². The molecular formula is C15H23NO2. The monoisotopic (exact) mass is 249 g/mol. The SMILES string of the molecule is CC(C)c1ccc2c(c1)C(O)(CN)CC(C)(C)O2. The lowest BCUT2D eigenvalue weighted by Crippen LogP contribution is -2.48. The van der Waals surface area contributed by atoms with Gasteiger partial charge in [-0.3, -0.25) is 0 Å². The molecule has 1 atom stereocenters. The molecular weight excluding hydrogens is 226 g/mol. The summed E-state index contributed by atoms with van der Waals surface area (Å²) in [4.78, 5) is 0. The standard InChI is InChI=1S/C15H23NO2/c1-10(2)11-5-6-13-12(7-11)15(17,9-16)8-14(3,4)18-13/h5-7,10,17H,8-9,16H2,1-4H3. The summed E-state index contributed by atoms with van der Waals surface area (Å²) >= 11 is 0. The van der Waals surface area contributed by atoms with Crippen LogP contribution in [0.15, 0.2) is 18.2 Å². The number of fused-ring (bicyclic) bond motifs is 1. The third kappa shape index (κ3) is 2.25. The topological polar surface area (TPSA) is 55.5 Å². The summed E-state index contributed by atoms with van der Waals surface area (Å²) in [6, 6.07) is 6.04. The van der Waals surface area contributed by atoms with Crippen molar-refractivity contribution in [3.63, 3.8) is 0 Å². The average Bonchev–Trinajstić information content (AvgIpc) is 2.27. The fourth-order valence-electron chi connectivity index (χ4n) is 2.67. The Balaban J connectivity index is 2.54. The lowest BCUT2D eigenvalue weighted by Gasteiger charge is -2.42. The van der Waals surface area contributed by atoms with Crippen LogP contribution in [-0.4, -0.2) is 17.3 Å². The van der Waals surface area contributed by atoms with Crippen molar-refractivity contribution in [3.05, 3.63) is 29.3 Å². The highest BCUT2D eigenvalue weighted by Crippen LogP contribution is 2.43. The molecule has 0 saturated carbocycles. The third-order valence-electron chi connectivity index (χ3n) is 3.61. The number of ether oxygens (including phenoxy) is 1. The Morgan fingerprint density at radius 2 is 2.06 bits per heavy atom. The molecule has 2 rings (SSSR count). The molecule has 1 aromatic rings. The van der Waals surface area contributed by atoms with Crippen LogP contribution in [0.3, 0.4) is 0 Å². The smallest absolute Gasteiger partial charge is 0.126 e. The highest BCUT2D eigenvalue weighted by molar-refractivity contribution is 5.44. The lowest BCUT2D eigenvalue weighted by atomic mass is 9.79. The van der Waals surface area contributed by atoms with Gasteiger partial charge in [0.05, 0.1) is 0 Å². The van der Waals surface area contributed by atoms with Crippen LogP contribution in [0.25, 0.3) is 0 Å². The van der Waals surface area contributed by atoms with Crippen molar-refractivity contribution in [2.45, 2.75) is 51.2 Å². The zero-order valence-electron chi connectivity index (χ0n) is 11.7. The Morgan fingerprint density at radius 1 is 1.39 bits per heavy atom. The molecule has 0 bridgehead atoms. The minimum absolute atomic E-state index is 0.217. The van der Waals surface area contributed by atoms with E-state index in [9.17, 15) is 5.11 Å². The molecule has 1 heterocycles. The zero-order valence-corrected chi connectivity index (χ0v) is 11.7. The Kier molecular flexibility index (Phi) is 3.16. The molecule has 0 aliphatic carbocycles. The molecule has 1 aromatic carbocycles. The van der Waals surface area contributed by atoms with Crippen molar-refractivity contribution >= 4 is 0 Å². The zero-order chi connectivity index (χ0) is 13.6. The van der Waals surface area contributed by atoms with Crippen molar-refractivity contribution in [1.82, 2.24) is 0 Å². The van der Waals surface area contributed by atoms with Crippen molar-refractivity contribution in [2.24, 2.45) is 5.73 Å². The summed E-state index contributed by atoms with van der Waals surface area (Å²) in [6.07, 6.45) is 0.519. The van der Waals surface area contributed by atoms with E-state index in [0.717, 1.165) is 11.3 Å². The van der Waals surface area contributed by atoms with Gasteiger partial charge in [0.15, 0.2) is 0 Å². The number of benzene rings is 1. The molecule has 0 aromatic heterocycles. The molecule has 3 N–H and O–H groups in total. The average molecular weight is 249 g/mol. The molecule has 100 valence electrons. The second kappa shape index (κ2) is 4.25. The molecule has 0 amide bonds. The van der Waals surface area contributed by atoms with Gasteiger partial charge in [-0.25, -0.2) is 0 Å². The maximum Gasteiger partial charge on any atom is 0.126 e. The quantitative estimate of drug-likeness (QED) is 0.846. The minimum atomic E-state index is -0.984. The molecule has 0 fully saturated rings. The first kappa shape index (κ1) is 13.4. The van der Waals surface area contributed by atoms with E-state index in [1.807, 2.05) is 26.0 Å². The minimum Gasteiger partial charge on any atom is -0.487 e. The van der Waals surface area contributed by atoms with Crippen LogP contribution in [0.2, 0.25) is 0 Å². The molecule has 0 spiro atoms. The first-order valence-electron chi connectivity index (χ1n) is 6.53. The van der Waals surface area contributed by atoms with Gasteiger partial charge < -0.3 is 15.6 Å². The molecule has 0 saturated heterocycles. The summed E-state index contributed by atoms with van der Waals surface area (Å²) in [5, 5.41) is 10.8. The van der Waals surface area contributed by atoms with E-state index in [-0.39, 0.29) is 12.1 Å². The predicted molar refractivity (Wildman–Crippen MR) is 72.8 cm³/mol. The number of hydrogen-bond donors (Lipinski definition) is 2. The lowest BCUT2D eigenvalue weighted by molar-refractivity contribution is -0.0579. The molecule has 3 nitrogen and oxygen atoms in total. The molecule has 0 radical (unpaired) electrons. The Hall–Kier alpha value is -1.06. The summed E-state index contributed by atoms with van der Waals surface area (Å²) in [5.41, 5.74) is 6.45. The largest absolute Gasteiger partial charge is 0.487 e. The van der Waals surface area contributed by atoms with E-state index >= 15 is 0 Å². The van der Waals surface area contributed by atoms with Crippen LogP contribution in [0.4, 0.5) is 0 Å². The van der Waals surface area contributed by atoms with E-state index in [1.54, 1.807) is 0 Å². The molecule has 18 heavy (non-hydrogen) atoms. The van der Waals surface area contributed by atoms with Crippen LogP contribution in [0.5, 0.6) is 5.75 Å². The van der Waals surface area contributed by atoms with E-state index in [1.165, 1.54) is 5.56 Å².